The van der Waals surface area contributed by atoms with Gasteiger partial charge in [-0.3, -0.25) is 0 Å². The lowest BCUT2D eigenvalue weighted by Gasteiger charge is -1.99. The number of aryl methyl sites for hydroxylation is 1. The Morgan fingerprint density at radius 2 is 2.05 bits per heavy atom. The number of fused-ring (bicyclic) bond motifs is 1. The third kappa shape index (κ3) is 2.38. The summed E-state index contributed by atoms with van der Waals surface area (Å²) < 4.78 is 2.04. The fourth-order valence-electron chi connectivity index (χ4n) is 2.19. The van der Waals surface area contributed by atoms with Crippen molar-refractivity contribution in [3.05, 3.63) is 59.7 Å². The summed E-state index contributed by atoms with van der Waals surface area (Å²) in [5.41, 5.74) is 3.29. The molecule has 0 aliphatic rings. The van der Waals surface area contributed by atoms with Crippen molar-refractivity contribution in [1.82, 2.24) is 9.97 Å². The molecule has 0 spiro atoms. The fourth-order valence-corrected chi connectivity index (χ4v) is 2.19. The monoisotopic (exact) mass is 268 g/mol. The van der Waals surface area contributed by atoms with E-state index in [0.29, 0.717) is 12.1 Å². The number of nitrogens with zero attached hydrogens (tertiary/aromatic N) is 2. The number of nitrogens with one attached hydrogen (secondary N) is 1. The Labute approximate surface area is 115 Å². The molecule has 0 fully saturated rings. The second-order valence-corrected chi connectivity index (χ2v) is 4.74. The van der Waals surface area contributed by atoms with Gasteiger partial charge in [0.2, 0.25) is 0 Å². The number of hydrogen-bond donors (Lipinski definition) is 2. The number of carboxylic acid groups (broad SMARTS) is 1. The third-order valence-corrected chi connectivity index (χ3v) is 3.16. The van der Waals surface area contributed by atoms with Gasteiger partial charge in [-0.1, -0.05) is 12.1 Å². The first-order valence-corrected chi connectivity index (χ1v) is 6.29. The molecule has 0 aliphatic heterocycles. The van der Waals surface area contributed by atoms with Crippen LogP contribution in [0.3, 0.4) is 0 Å². The third-order valence-electron chi connectivity index (χ3n) is 3.16. The van der Waals surface area contributed by atoms with Crippen LogP contribution in [0.2, 0.25) is 0 Å². The molecule has 2 N–H and O–H groups in total. The van der Waals surface area contributed by atoms with Gasteiger partial charge in [-0.2, -0.15) is 4.57 Å². The Bertz CT molecular complexity index is 775. The van der Waals surface area contributed by atoms with E-state index >= 15 is 0 Å². The van der Waals surface area contributed by atoms with Crippen LogP contribution in [0.1, 0.15) is 21.7 Å². The standard InChI is InChI=1S/C15H13N3O2/c1-10-16-13-6-7-18(9-14(13)17-10)8-11-2-4-12(5-3-11)15(19)20/h2-7,9H,8H2,1H3,(H,19,20)/p+1. The van der Waals surface area contributed by atoms with Gasteiger partial charge in [0.25, 0.3) is 0 Å². The minimum absolute atomic E-state index is 0.304. The highest BCUT2D eigenvalue weighted by Gasteiger charge is 2.08. The molecule has 0 atom stereocenters. The average molecular weight is 268 g/mol. The van der Waals surface area contributed by atoms with Crippen LogP contribution >= 0.6 is 0 Å². The molecule has 5 nitrogen and oxygen atoms in total. The first-order valence-electron chi connectivity index (χ1n) is 6.29. The Kier molecular flexibility index (Phi) is 2.95. The highest BCUT2D eigenvalue weighted by molar-refractivity contribution is 5.87. The smallest absolute Gasteiger partial charge is 0.335 e. The van der Waals surface area contributed by atoms with Crippen LogP contribution < -0.4 is 4.57 Å². The molecule has 0 unspecified atom stereocenters. The molecule has 2 heterocycles. The van der Waals surface area contributed by atoms with Crippen LogP contribution in [-0.2, 0) is 6.54 Å². The molecule has 0 aliphatic carbocycles. The molecule has 0 saturated carbocycles. The molecular formula is C15H14N3O2+. The van der Waals surface area contributed by atoms with Gasteiger partial charge in [0.15, 0.2) is 18.9 Å². The van der Waals surface area contributed by atoms with Crippen molar-refractivity contribution in [3.63, 3.8) is 0 Å². The van der Waals surface area contributed by atoms with Crippen LogP contribution in [0.5, 0.6) is 0 Å². The van der Waals surface area contributed by atoms with E-state index < -0.39 is 5.97 Å². The van der Waals surface area contributed by atoms with Crippen molar-refractivity contribution in [2.24, 2.45) is 0 Å². The summed E-state index contributed by atoms with van der Waals surface area (Å²) in [6.45, 7) is 2.61. The molecule has 3 rings (SSSR count). The van der Waals surface area contributed by atoms with E-state index in [2.05, 4.69) is 9.97 Å². The predicted octanol–water partition coefficient (Wildman–Crippen LogP) is 1.91. The van der Waals surface area contributed by atoms with Crippen LogP contribution in [0.25, 0.3) is 11.0 Å². The van der Waals surface area contributed by atoms with E-state index in [1.54, 1.807) is 12.1 Å². The van der Waals surface area contributed by atoms with Crippen LogP contribution in [0.4, 0.5) is 0 Å². The maximum absolute atomic E-state index is 10.8. The normalized spacial score (nSPS) is 10.8. The minimum Gasteiger partial charge on any atom is -0.478 e. The summed E-state index contributed by atoms with van der Waals surface area (Å²) in [5, 5.41) is 8.87. The van der Waals surface area contributed by atoms with Gasteiger partial charge in [-0.25, -0.2) is 9.78 Å². The molecular weight excluding hydrogens is 254 g/mol. The predicted molar refractivity (Wildman–Crippen MR) is 73.5 cm³/mol. The number of carboxylic acids is 1. The van der Waals surface area contributed by atoms with Gasteiger partial charge in [-0.05, 0) is 19.1 Å². The molecule has 2 aromatic heterocycles. The maximum atomic E-state index is 10.8. The summed E-state index contributed by atoms with van der Waals surface area (Å²) in [5.74, 6) is -0.0119. The zero-order valence-corrected chi connectivity index (χ0v) is 11.0. The lowest BCUT2D eigenvalue weighted by molar-refractivity contribution is -0.687. The van der Waals surface area contributed by atoms with E-state index in [-0.39, 0.29) is 0 Å². The van der Waals surface area contributed by atoms with Gasteiger partial charge in [0.1, 0.15) is 16.9 Å². The Morgan fingerprint density at radius 1 is 1.30 bits per heavy atom. The summed E-state index contributed by atoms with van der Waals surface area (Å²) >= 11 is 0. The molecule has 20 heavy (non-hydrogen) atoms. The number of aromatic carboxylic acids is 1. The topological polar surface area (TPSA) is 69.9 Å². The van der Waals surface area contributed by atoms with E-state index in [9.17, 15) is 4.79 Å². The number of aromatic nitrogens is 3. The van der Waals surface area contributed by atoms with Gasteiger partial charge < -0.3 is 10.1 Å². The SMILES string of the molecule is Cc1nc2cc[n+](Cc3ccc(C(=O)O)cc3)cc2[nH]1. The number of hydrogen-bond acceptors (Lipinski definition) is 2. The molecule has 1 aromatic carbocycles. The average Bonchev–Trinajstić information content (AvgIpc) is 2.78. The second kappa shape index (κ2) is 4.77. The highest BCUT2D eigenvalue weighted by Crippen LogP contribution is 2.08. The maximum Gasteiger partial charge on any atom is 0.335 e. The van der Waals surface area contributed by atoms with Crippen molar-refractivity contribution in [3.8, 4) is 0 Å². The van der Waals surface area contributed by atoms with Gasteiger partial charge >= 0.3 is 5.97 Å². The zero-order chi connectivity index (χ0) is 14.1. The number of benzene rings is 1. The number of imidazole rings is 1. The fraction of sp³-hybridized carbons (Fsp3) is 0.133. The van der Waals surface area contributed by atoms with Crippen molar-refractivity contribution in [1.29, 1.82) is 0 Å². The lowest BCUT2D eigenvalue weighted by atomic mass is 10.1. The number of rotatable bonds is 3. The zero-order valence-electron chi connectivity index (χ0n) is 11.0. The first-order chi connectivity index (χ1) is 9.61. The molecule has 3 aromatic rings. The number of carbonyl (C=O) groups is 1. The van der Waals surface area contributed by atoms with E-state index in [0.717, 1.165) is 22.4 Å². The second-order valence-electron chi connectivity index (χ2n) is 4.74. The van der Waals surface area contributed by atoms with Gasteiger partial charge in [-0.15, -0.1) is 0 Å². The summed E-state index contributed by atoms with van der Waals surface area (Å²) in [6.07, 6.45) is 3.97. The Balaban J connectivity index is 1.86. The van der Waals surface area contributed by atoms with E-state index in [1.165, 1.54) is 0 Å². The lowest BCUT2D eigenvalue weighted by Crippen LogP contribution is -2.33. The van der Waals surface area contributed by atoms with E-state index in [4.69, 9.17) is 5.11 Å². The van der Waals surface area contributed by atoms with Gasteiger partial charge in [0, 0.05) is 11.6 Å². The summed E-state index contributed by atoms with van der Waals surface area (Å²) in [7, 11) is 0. The van der Waals surface area contributed by atoms with Crippen molar-refractivity contribution < 1.29 is 14.5 Å². The number of aromatic amines is 1. The van der Waals surface area contributed by atoms with Crippen molar-refractivity contribution >= 4 is 17.0 Å². The Morgan fingerprint density at radius 3 is 2.75 bits per heavy atom. The molecule has 0 bridgehead atoms. The van der Waals surface area contributed by atoms with Crippen molar-refractivity contribution in [2.75, 3.05) is 0 Å². The van der Waals surface area contributed by atoms with Crippen molar-refractivity contribution in [2.45, 2.75) is 13.5 Å². The summed E-state index contributed by atoms with van der Waals surface area (Å²) in [4.78, 5) is 18.4. The van der Waals surface area contributed by atoms with Gasteiger partial charge in [0.05, 0.1) is 5.56 Å². The quantitative estimate of drug-likeness (QED) is 0.713. The summed E-state index contributed by atoms with van der Waals surface area (Å²) in [6, 6.07) is 8.87. The molecule has 0 radical (unpaired) electrons. The Hall–Kier alpha value is -2.69. The first kappa shape index (κ1) is 12.3. The largest absolute Gasteiger partial charge is 0.478 e. The minimum atomic E-state index is -0.904. The molecule has 0 saturated heterocycles. The van der Waals surface area contributed by atoms with Crippen LogP contribution in [0, 0.1) is 6.92 Å². The molecule has 5 heteroatoms. The number of pyridine rings is 1. The van der Waals surface area contributed by atoms with Crippen LogP contribution in [-0.4, -0.2) is 21.0 Å². The van der Waals surface area contributed by atoms with Crippen LogP contribution in [0.15, 0.2) is 42.7 Å². The number of H-pyrrole nitrogens is 1. The highest BCUT2D eigenvalue weighted by atomic mass is 16.4. The molecule has 0 amide bonds. The molecule has 100 valence electrons. The van der Waals surface area contributed by atoms with E-state index in [1.807, 2.05) is 42.1 Å².